The molecule has 1 aromatic heterocycles. The average Bonchev–Trinajstić information content (AvgIpc) is 2.61. The predicted molar refractivity (Wildman–Crippen MR) is 72.1 cm³/mol. The summed E-state index contributed by atoms with van der Waals surface area (Å²) in [5.74, 6) is 0.719. The SMILES string of the molecule is NC(=O)OC1C2CCC1CN(c1ccnc(Cl)c1)C2. The molecule has 102 valence electrons. The Kier molecular flexibility index (Phi) is 3.22. The molecule has 5 nitrogen and oxygen atoms in total. The molecule has 2 atom stereocenters. The Morgan fingerprint density at radius 3 is 2.68 bits per heavy atom. The lowest BCUT2D eigenvalue weighted by Gasteiger charge is -2.38. The molecule has 0 aromatic carbocycles. The molecule has 2 heterocycles. The maximum absolute atomic E-state index is 10.9. The van der Waals surface area contributed by atoms with Gasteiger partial charge in [0.1, 0.15) is 11.3 Å². The van der Waals surface area contributed by atoms with Gasteiger partial charge in [0.2, 0.25) is 0 Å². The number of halogens is 1. The molecule has 0 radical (unpaired) electrons. The summed E-state index contributed by atoms with van der Waals surface area (Å²) in [5.41, 5.74) is 6.22. The van der Waals surface area contributed by atoms with Gasteiger partial charge in [-0.2, -0.15) is 0 Å². The standard InChI is InChI=1S/C13H16ClN3O2/c14-11-5-10(3-4-16-11)17-6-8-1-2-9(7-17)12(8)19-13(15)18/h3-5,8-9,12H,1-2,6-7H2,(H2,15,18). The molecule has 1 aliphatic heterocycles. The lowest BCUT2D eigenvalue weighted by atomic mass is 9.94. The van der Waals surface area contributed by atoms with Crippen LogP contribution in [0.5, 0.6) is 0 Å². The molecule has 0 spiro atoms. The zero-order valence-corrected chi connectivity index (χ0v) is 11.2. The Hall–Kier alpha value is -1.49. The molecule has 1 aromatic rings. The van der Waals surface area contributed by atoms with Crippen LogP contribution in [0.3, 0.4) is 0 Å². The molecule has 6 heteroatoms. The summed E-state index contributed by atoms with van der Waals surface area (Å²) in [6.07, 6.45) is 3.19. The van der Waals surface area contributed by atoms with Gasteiger partial charge in [0, 0.05) is 36.8 Å². The Bertz CT molecular complexity index is 483. The van der Waals surface area contributed by atoms with Crippen molar-refractivity contribution in [1.29, 1.82) is 0 Å². The first-order valence-corrected chi connectivity index (χ1v) is 6.84. The van der Waals surface area contributed by atoms with Crippen LogP contribution in [0.1, 0.15) is 12.8 Å². The average molecular weight is 282 g/mol. The van der Waals surface area contributed by atoms with Crippen LogP contribution in [-0.2, 0) is 4.74 Å². The van der Waals surface area contributed by atoms with Crippen molar-refractivity contribution in [1.82, 2.24) is 4.98 Å². The fourth-order valence-electron chi connectivity index (χ4n) is 3.30. The van der Waals surface area contributed by atoms with E-state index in [1.54, 1.807) is 6.20 Å². The fraction of sp³-hybridized carbons (Fsp3) is 0.538. The minimum atomic E-state index is -0.665. The van der Waals surface area contributed by atoms with Crippen molar-refractivity contribution in [3.05, 3.63) is 23.5 Å². The third kappa shape index (κ3) is 2.47. The highest BCUT2D eigenvalue weighted by Gasteiger charge is 2.44. The number of piperidine rings is 1. The highest BCUT2D eigenvalue weighted by atomic mass is 35.5. The fourth-order valence-corrected chi connectivity index (χ4v) is 3.47. The topological polar surface area (TPSA) is 68.5 Å². The van der Waals surface area contributed by atoms with Crippen LogP contribution < -0.4 is 10.6 Å². The molecule has 1 saturated heterocycles. The summed E-state index contributed by atoms with van der Waals surface area (Å²) >= 11 is 5.93. The molecular weight excluding hydrogens is 266 g/mol. The van der Waals surface area contributed by atoms with E-state index in [4.69, 9.17) is 22.1 Å². The Morgan fingerprint density at radius 2 is 2.11 bits per heavy atom. The van der Waals surface area contributed by atoms with E-state index in [0.717, 1.165) is 31.6 Å². The van der Waals surface area contributed by atoms with E-state index < -0.39 is 6.09 Å². The van der Waals surface area contributed by atoms with Crippen molar-refractivity contribution < 1.29 is 9.53 Å². The van der Waals surface area contributed by atoms with E-state index >= 15 is 0 Å². The second kappa shape index (κ2) is 4.89. The van der Waals surface area contributed by atoms with Crippen LogP contribution in [0, 0.1) is 11.8 Å². The first-order chi connectivity index (χ1) is 9.13. The van der Waals surface area contributed by atoms with Crippen molar-refractivity contribution in [3.63, 3.8) is 0 Å². The van der Waals surface area contributed by atoms with Gasteiger partial charge < -0.3 is 15.4 Å². The van der Waals surface area contributed by atoms with E-state index in [0.29, 0.717) is 17.0 Å². The molecule has 1 saturated carbocycles. The van der Waals surface area contributed by atoms with Crippen molar-refractivity contribution in [2.75, 3.05) is 18.0 Å². The molecule has 1 amide bonds. The van der Waals surface area contributed by atoms with Crippen molar-refractivity contribution in [2.24, 2.45) is 17.6 Å². The summed E-state index contributed by atoms with van der Waals surface area (Å²) in [4.78, 5) is 17.2. The Balaban J connectivity index is 1.75. The number of primary amides is 1. The van der Waals surface area contributed by atoms with E-state index in [1.807, 2.05) is 12.1 Å². The summed E-state index contributed by atoms with van der Waals surface area (Å²) in [6, 6.07) is 3.83. The van der Waals surface area contributed by atoms with E-state index in [-0.39, 0.29) is 6.10 Å². The molecule has 2 bridgehead atoms. The molecule has 3 rings (SSSR count). The summed E-state index contributed by atoms with van der Waals surface area (Å²) in [6.45, 7) is 1.74. The number of ether oxygens (including phenoxy) is 1. The number of rotatable bonds is 2. The van der Waals surface area contributed by atoms with Crippen molar-refractivity contribution in [2.45, 2.75) is 18.9 Å². The van der Waals surface area contributed by atoms with Gasteiger partial charge >= 0.3 is 6.09 Å². The number of hydrogen-bond donors (Lipinski definition) is 1. The number of nitrogens with two attached hydrogens (primary N) is 1. The second-order valence-electron chi connectivity index (χ2n) is 5.24. The zero-order chi connectivity index (χ0) is 13.4. The van der Waals surface area contributed by atoms with E-state index in [9.17, 15) is 4.79 Å². The van der Waals surface area contributed by atoms with Crippen molar-refractivity contribution in [3.8, 4) is 0 Å². The minimum absolute atomic E-state index is 0.0222. The summed E-state index contributed by atoms with van der Waals surface area (Å²) < 4.78 is 5.26. The summed E-state index contributed by atoms with van der Waals surface area (Å²) in [5, 5.41) is 0.500. The van der Waals surface area contributed by atoms with Gasteiger partial charge in [0.25, 0.3) is 0 Å². The molecule has 19 heavy (non-hydrogen) atoms. The van der Waals surface area contributed by atoms with Gasteiger partial charge in [-0.05, 0) is 25.0 Å². The quantitative estimate of drug-likeness (QED) is 0.843. The zero-order valence-electron chi connectivity index (χ0n) is 10.5. The van der Waals surface area contributed by atoms with Crippen LogP contribution in [0.25, 0.3) is 0 Å². The lowest BCUT2D eigenvalue weighted by Crippen LogP contribution is -2.47. The maximum Gasteiger partial charge on any atom is 0.404 e. The van der Waals surface area contributed by atoms with E-state index in [2.05, 4.69) is 9.88 Å². The number of carbonyl (C=O) groups excluding carboxylic acids is 1. The smallest absolute Gasteiger partial charge is 0.404 e. The van der Waals surface area contributed by atoms with E-state index in [1.165, 1.54) is 0 Å². The molecule has 2 unspecified atom stereocenters. The van der Waals surface area contributed by atoms with Gasteiger partial charge in [-0.25, -0.2) is 9.78 Å². The first kappa shape index (κ1) is 12.5. The maximum atomic E-state index is 10.9. The van der Waals surface area contributed by atoms with Gasteiger partial charge in [-0.15, -0.1) is 0 Å². The molecule has 1 aliphatic carbocycles. The second-order valence-corrected chi connectivity index (χ2v) is 5.63. The number of hydrogen-bond acceptors (Lipinski definition) is 4. The van der Waals surface area contributed by atoms with Crippen molar-refractivity contribution >= 4 is 23.4 Å². The number of fused-ring (bicyclic) bond motifs is 2. The first-order valence-electron chi connectivity index (χ1n) is 6.46. The van der Waals surface area contributed by atoms with Gasteiger partial charge in [-0.1, -0.05) is 11.6 Å². The third-order valence-electron chi connectivity index (χ3n) is 4.07. The monoisotopic (exact) mass is 281 g/mol. The van der Waals surface area contributed by atoms with Crippen LogP contribution in [0.4, 0.5) is 10.5 Å². The number of nitrogens with zero attached hydrogens (tertiary/aromatic N) is 2. The van der Waals surface area contributed by atoms with Gasteiger partial charge in [-0.3, -0.25) is 0 Å². The molecule has 2 aliphatic rings. The predicted octanol–water partition coefficient (Wildman–Crippen LogP) is 2.05. The molecular formula is C13H16ClN3O2. The highest BCUT2D eigenvalue weighted by Crippen LogP contribution is 2.40. The number of anilines is 1. The van der Waals surface area contributed by atoms with Gasteiger partial charge in [0.15, 0.2) is 0 Å². The summed E-state index contributed by atoms with van der Waals surface area (Å²) in [7, 11) is 0. The van der Waals surface area contributed by atoms with Crippen LogP contribution in [0.15, 0.2) is 18.3 Å². The van der Waals surface area contributed by atoms with Crippen LogP contribution in [0.2, 0.25) is 5.15 Å². The third-order valence-corrected chi connectivity index (χ3v) is 4.28. The normalized spacial score (nSPS) is 29.3. The molecule has 2 fully saturated rings. The van der Waals surface area contributed by atoms with Crippen LogP contribution in [-0.4, -0.2) is 30.3 Å². The number of amides is 1. The largest absolute Gasteiger partial charge is 0.446 e. The number of aromatic nitrogens is 1. The number of pyridine rings is 1. The van der Waals surface area contributed by atoms with Crippen LogP contribution >= 0.6 is 11.6 Å². The number of carbonyl (C=O) groups is 1. The molecule has 2 N–H and O–H groups in total. The Labute approximate surface area is 116 Å². The lowest BCUT2D eigenvalue weighted by molar-refractivity contribution is 0.0487. The Morgan fingerprint density at radius 1 is 1.42 bits per heavy atom. The van der Waals surface area contributed by atoms with Gasteiger partial charge in [0.05, 0.1) is 0 Å². The minimum Gasteiger partial charge on any atom is -0.446 e. The highest BCUT2D eigenvalue weighted by molar-refractivity contribution is 6.29.